The van der Waals surface area contributed by atoms with Crippen molar-refractivity contribution in [3.05, 3.63) is 29.8 Å². The molecule has 82 valence electrons. The Morgan fingerprint density at radius 2 is 2.07 bits per heavy atom. The van der Waals surface area contributed by atoms with Gasteiger partial charge in [-0.2, -0.15) is 0 Å². The fourth-order valence-corrected chi connectivity index (χ4v) is 2.14. The van der Waals surface area contributed by atoms with Crippen molar-refractivity contribution in [2.24, 2.45) is 5.92 Å². The monoisotopic (exact) mass is 209 g/mol. The quantitative estimate of drug-likeness (QED) is 0.808. The van der Waals surface area contributed by atoms with Gasteiger partial charge in [0.2, 0.25) is 0 Å². The van der Waals surface area contributed by atoms with Gasteiger partial charge in [0.15, 0.2) is 0 Å². The Labute approximate surface area is 89.3 Å². The van der Waals surface area contributed by atoms with Crippen molar-refractivity contribution in [1.29, 1.82) is 0 Å². The third kappa shape index (κ3) is 2.29. The number of hydrogen-bond donors (Lipinski definition) is 1. The van der Waals surface area contributed by atoms with E-state index in [1.807, 2.05) is 7.05 Å². The van der Waals surface area contributed by atoms with E-state index in [0.29, 0.717) is 5.56 Å². The summed E-state index contributed by atoms with van der Waals surface area (Å²) in [5.41, 5.74) is 0.674. The highest BCUT2D eigenvalue weighted by Crippen LogP contribution is 2.33. The van der Waals surface area contributed by atoms with Gasteiger partial charge in [0, 0.05) is 12.5 Å². The van der Waals surface area contributed by atoms with E-state index >= 15 is 0 Å². The first kappa shape index (κ1) is 10.4. The first-order valence-corrected chi connectivity index (χ1v) is 5.28. The van der Waals surface area contributed by atoms with E-state index in [2.05, 4.69) is 4.90 Å². The highest BCUT2D eigenvalue weighted by Gasteiger charge is 2.28. The Morgan fingerprint density at radius 3 is 2.60 bits per heavy atom. The first-order valence-electron chi connectivity index (χ1n) is 5.28. The SMILES string of the molecule is CN1CCC(C(F)c2ccc(O)cc2)C1. The first-order chi connectivity index (χ1) is 7.16. The third-order valence-corrected chi connectivity index (χ3v) is 3.05. The molecule has 0 saturated carbocycles. The molecule has 1 fully saturated rings. The molecule has 1 aliphatic rings. The lowest BCUT2D eigenvalue weighted by Gasteiger charge is -2.16. The molecule has 0 aliphatic carbocycles. The summed E-state index contributed by atoms with van der Waals surface area (Å²) in [6.07, 6.45) is 0.00832. The maximum absolute atomic E-state index is 14.0. The van der Waals surface area contributed by atoms with Crippen LogP contribution < -0.4 is 0 Å². The fourth-order valence-electron chi connectivity index (χ4n) is 2.14. The van der Waals surface area contributed by atoms with Crippen LogP contribution in [-0.2, 0) is 0 Å². The van der Waals surface area contributed by atoms with Gasteiger partial charge in [0.1, 0.15) is 11.9 Å². The number of phenolic OH excluding ortho intramolecular Hbond substituents is 1. The fraction of sp³-hybridized carbons (Fsp3) is 0.500. The summed E-state index contributed by atoms with van der Waals surface area (Å²) in [6, 6.07) is 6.41. The number of likely N-dealkylation sites (tertiary alicyclic amines) is 1. The van der Waals surface area contributed by atoms with Crippen LogP contribution in [0.4, 0.5) is 4.39 Å². The van der Waals surface area contributed by atoms with Gasteiger partial charge >= 0.3 is 0 Å². The second-order valence-electron chi connectivity index (χ2n) is 4.30. The Morgan fingerprint density at radius 1 is 1.40 bits per heavy atom. The molecule has 0 spiro atoms. The smallest absolute Gasteiger partial charge is 0.129 e. The topological polar surface area (TPSA) is 23.5 Å². The number of halogens is 1. The van der Waals surface area contributed by atoms with E-state index in [-0.39, 0.29) is 11.7 Å². The lowest BCUT2D eigenvalue weighted by molar-refractivity contribution is 0.232. The average Bonchev–Trinajstić information content (AvgIpc) is 2.65. The zero-order valence-corrected chi connectivity index (χ0v) is 8.86. The number of rotatable bonds is 2. The lowest BCUT2D eigenvalue weighted by atomic mass is 9.96. The molecular formula is C12H16FNO. The molecule has 1 heterocycles. The molecule has 2 rings (SSSR count). The van der Waals surface area contributed by atoms with Crippen LogP contribution in [0.1, 0.15) is 18.2 Å². The highest BCUT2D eigenvalue weighted by molar-refractivity contribution is 5.27. The predicted octanol–water partition coefficient (Wildman–Crippen LogP) is 2.35. The standard InChI is InChI=1S/C12H16FNO/c1-14-7-6-10(8-14)12(13)9-2-4-11(15)5-3-9/h2-5,10,12,15H,6-8H2,1H3. The number of hydrogen-bond acceptors (Lipinski definition) is 2. The summed E-state index contributed by atoms with van der Waals surface area (Å²) in [7, 11) is 2.02. The highest BCUT2D eigenvalue weighted by atomic mass is 19.1. The molecule has 15 heavy (non-hydrogen) atoms. The summed E-state index contributed by atoms with van der Waals surface area (Å²) in [6.45, 7) is 1.80. The second-order valence-corrected chi connectivity index (χ2v) is 4.30. The molecular weight excluding hydrogens is 193 g/mol. The van der Waals surface area contributed by atoms with Crippen LogP contribution in [0.3, 0.4) is 0 Å². The minimum atomic E-state index is -0.907. The summed E-state index contributed by atoms with van der Waals surface area (Å²) >= 11 is 0. The van der Waals surface area contributed by atoms with E-state index in [1.165, 1.54) is 0 Å². The van der Waals surface area contributed by atoms with E-state index in [4.69, 9.17) is 5.11 Å². The molecule has 0 aromatic heterocycles. The number of nitrogens with zero attached hydrogens (tertiary/aromatic N) is 1. The molecule has 1 aromatic carbocycles. The van der Waals surface area contributed by atoms with Crippen LogP contribution in [0.25, 0.3) is 0 Å². The molecule has 3 heteroatoms. The summed E-state index contributed by atoms with van der Waals surface area (Å²) in [4.78, 5) is 2.15. The summed E-state index contributed by atoms with van der Waals surface area (Å²) in [5, 5.41) is 9.12. The summed E-state index contributed by atoms with van der Waals surface area (Å²) in [5.74, 6) is 0.286. The molecule has 2 unspecified atom stereocenters. The Balaban J connectivity index is 2.07. The molecule has 2 atom stereocenters. The van der Waals surface area contributed by atoms with Crippen LogP contribution in [0, 0.1) is 5.92 Å². The van der Waals surface area contributed by atoms with Gasteiger partial charge in [-0.1, -0.05) is 12.1 Å². The third-order valence-electron chi connectivity index (χ3n) is 3.05. The molecule has 1 aromatic rings. The maximum atomic E-state index is 14.0. The van der Waals surface area contributed by atoms with Gasteiger partial charge in [0.05, 0.1) is 0 Å². The number of aromatic hydroxyl groups is 1. The molecule has 0 radical (unpaired) electrons. The molecule has 1 aliphatic heterocycles. The predicted molar refractivity (Wildman–Crippen MR) is 57.6 cm³/mol. The van der Waals surface area contributed by atoms with Gasteiger partial charge in [-0.15, -0.1) is 0 Å². The van der Waals surface area contributed by atoms with Crippen molar-refractivity contribution in [2.75, 3.05) is 20.1 Å². The number of benzene rings is 1. The maximum Gasteiger partial charge on any atom is 0.129 e. The average molecular weight is 209 g/mol. The second kappa shape index (κ2) is 4.19. The normalized spacial score (nSPS) is 24.3. The van der Waals surface area contributed by atoms with E-state index in [0.717, 1.165) is 19.5 Å². The zero-order valence-electron chi connectivity index (χ0n) is 8.86. The van der Waals surface area contributed by atoms with E-state index in [9.17, 15) is 4.39 Å². The molecule has 2 nitrogen and oxygen atoms in total. The van der Waals surface area contributed by atoms with Gasteiger partial charge in [-0.05, 0) is 37.7 Å². The zero-order chi connectivity index (χ0) is 10.8. The van der Waals surface area contributed by atoms with Gasteiger partial charge in [-0.25, -0.2) is 4.39 Å². The Bertz CT molecular complexity index is 325. The van der Waals surface area contributed by atoms with Crippen LogP contribution in [0.15, 0.2) is 24.3 Å². The van der Waals surface area contributed by atoms with Crippen molar-refractivity contribution >= 4 is 0 Å². The van der Waals surface area contributed by atoms with Crippen LogP contribution in [-0.4, -0.2) is 30.1 Å². The number of phenols is 1. The molecule has 1 saturated heterocycles. The molecule has 0 bridgehead atoms. The van der Waals surface area contributed by atoms with Gasteiger partial charge in [-0.3, -0.25) is 0 Å². The van der Waals surface area contributed by atoms with Crippen LogP contribution >= 0.6 is 0 Å². The van der Waals surface area contributed by atoms with Crippen molar-refractivity contribution in [1.82, 2.24) is 4.90 Å². The Kier molecular flexibility index (Phi) is 2.91. The van der Waals surface area contributed by atoms with Crippen molar-refractivity contribution in [2.45, 2.75) is 12.6 Å². The minimum Gasteiger partial charge on any atom is -0.508 e. The van der Waals surface area contributed by atoms with Gasteiger partial charge < -0.3 is 10.0 Å². The van der Waals surface area contributed by atoms with Gasteiger partial charge in [0.25, 0.3) is 0 Å². The van der Waals surface area contributed by atoms with Crippen molar-refractivity contribution in [3.8, 4) is 5.75 Å². The van der Waals surface area contributed by atoms with Crippen molar-refractivity contribution < 1.29 is 9.50 Å². The van der Waals surface area contributed by atoms with Crippen LogP contribution in [0.2, 0.25) is 0 Å². The molecule has 1 N–H and O–H groups in total. The summed E-state index contributed by atoms with van der Waals surface area (Å²) < 4.78 is 14.0. The van der Waals surface area contributed by atoms with Crippen LogP contribution in [0.5, 0.6) is 5.75 Å². The van der Waals surface area contributed by atoms with Crippen molar-refractivity contribution in [3.63, 3.8) is 0 Å². The molecule has 0 amide bonds. The Hall–Kier alpha value is -1.09. The minimum absolute atomic E-state index is 0.0968. The lowest BCUT2D eigenvalue weighted by Crippen LogP contribution is -2.16. The van der Waals surface area contributed by atoms with E-state index in [1.54, 1.807) is 24.3 Å². The largest absolute Gasteiger partial charge is 0.508 e. The van der Waals surface area contributed by atoms with E-state index < -0.39 is 6.17 Å². The number of alkyl halides is 1.